The summed E-state index contributed by atoms with van der Waals surface area (Å²) < 4.78 is 12.4. The van der Waals surface area contributed by atoms with Gasteiger partial charge in [-0.05, 0) is 80.8 Å². The van der Waals surface area contributed by atoms with Crippen molar-refractivity contribution in [1.82, 2.24) is 0 Å². The lowest BCUT2D eigenvalue weighted by molar-refractivity contribution is -0.145. The van der Waals surface area contributed by atoms with Crippen LogP contribution in [0.25, 0.3) is 0 Å². The SMILES string of the molecule is CCOC(=O)COc1c(I)cc(I)c(C(N)=O)c1I. The summed E-state index contributed by atoms with van der Waals surface area (Å²) in [4.78, 5) is 22.7. The number of ether oxygens (including phenoxy) is 2. The highest BCUT2D eigenvalue weighted by atomic mass is 127. The Balaban J connectivity index is 3.04. The molecule has 0 bridgehead atoms. The Morgan fingerprint density at radius 3 is 2.42 bits per heavy atom. The second kappa shape index (κ2) is 7.81. The van der Waals surface area contributed by atoms with Crippen molar-refractivity contribution in [1.29, 1.82) is 0 Å². The van der Waals surface area contributed by atoms with E-state index in [1.165, 1.54) is 0 Å². The van der Waals surface area contributed by atoms with Crippen molar-refractivity contribution in [2.75, 3.05) is 13.2 Å². The first-order valence-electron chi connectivity index (χ1n) is 5.14. The number of carbonyl (C=O) groups excluding carboxylic acids is 2. The molecule has 19 heavy (non-hydrogen) atoms. The standard InChI is InChI=1S/C11H10I3NO4/c1-2-18-7(16)4-19-10-6(13)3-5(12)8(9(10)14)11(15)17/h3H,2,4H2,1H3,(H2,15,17). The molecule has 1 rings (SSSR count). The smallest absolute Gasteiger partial charge is 0.344 e. The second-order valence-corrected chi connectivity index (χ2v) is 6.72. The minimum absolute atomic E-state index is 0.196. The molecule has 0 radical (unpaired) electrons. The van der Waals surface area contributed by atoms with Gasteiger partial charge in [0.1, 0.15) is 5.75 Å². The third-order valence-electron chi connectivity index (χ3n) is 2.01. The lowest BCUT2D eigenvalue weighted by atomic mass is 10.2. The Labute approximate surface area is 151 Å². The molecule has 0 aromatic heterocycles. The number of esters is 1. The highest BCUT2D eigenvalue weighted by Gasteiger charge is 2.19. The van der Waals surface area contributed by atoms with Crippen molar-refractivity contribution >= 4 is 79.6 Å². The molecule has 0 heterocycles. The van der Waals surface area contributed by atoms with Gasteiger partial charge in [0, 0.05) is 3.57 Å². The van der Waals surface area contributed by atoms with Gasteiger partial charge < -0.3 is 15.2 Å². The fourth-order valence-electron chi connectivity index (χ4n) is 1.26. The van der Waals surface area contributed by atoms with Crippen LogP contribution in [0, 0.1) is 10.7 Å². The molecule has 2 N–H and O–H groups in total. The number of nitrogens with two attached hydrogens (primary N) is 1. The summed E-state index contributed by atoms with van der Waals surface area (Å²) >= 11 is 6.11. The summed E-state index contributed by atoms with van der Waals surface area (Å²) in [5.41, 5.74) is 5.74. The predicted octanol–water partition coefficient (Wildman–Crippen LogP) is 2.54. The Kier molecular flexibility index (Phi) is 7.07. The zero-order chi connectivity index (χ0) is 14.6. The number of amides is 1. The number of hydrogen-bond donors (Lipinski definition) is 1. The second-order valence-electron chi connectivity index (χ2n) is 3.32. The van der Waals surface area contributed by atoms with E-state index in [2.05, 4.69) is 22.6 Å². The predicted molar refractivity (Wildman–Crippen MR) is 95.2 cm³/mol. The lowest BCUT2D eigenvalue weighted by Crippen LogP contribution is -2.19. The maximum atomic E-state index is 11.4. The Hall–Kier alpha value is 0.150. The summed E-state index contributed by atoms with van der Waals surface area (Å²) in [6.45, 7) is 1.83. The van der Waals surface area contributed by atoms with Gasteiger partial charge in [-0.3, -0.25) is 4.79 Å². The summed E-state index contributed by atoms with van der Waals surface area (Å²) in [5.74, 6) is -0.497. The monoisotopic (exact) mass is 601 g/mol. The van der Waals surface area contributed by atoms with Crippen LogP contribution < -0.4 is 10.5 Å². The van der Waals surface area contributed by atoms with Gasteiger partial charge in [0.15, 0.2) is 6.61 Å². The number of primary amides is 1. The van der Waals surface area contributed by atoms with Crippen molar-refractivity contribution in [3.05, 3.63) is 22.3 Å². The first-order valence-corrected chi connectivity index (χ1v) is 8.37. The molecule has 104 valence electrons. The zero-order valence-electron chi connectivity index (χ0n) is 9.84. The van der Waals surface area contributed by atoms with Gasteiger partial charge in [0.2, 0.25) is 0 Å². The molecule has 0 aliphatic rings. The van der Waals surface area contributed by atoms with E-state index in [9.17, 15) is 9.59 Å². The van der Waals surface area contributed by atoms with Crippen molar-refractivity contribution in [2.45, 2.75) is 6.92 Å². The van der Waals surface area contributed by atoms with Crippen LogP contribution in [0.15, 0.2) is 6.07 Å². The number of halogens is 3. The van der Waals surface area contributed by atoms with Crippen LogP contribution in [-0.4, -0.2) is 25.1 Å². The molecular formula is C11H10I3NO4. The maximum Gasteiger partial charge on any atom is 0.344 e. The van der Waals surface area contributed by atoms with E-state index in [4.69, 9.17) is 15.2 Å². The zero-order valence-corrected chi connectivity index (χ0v) is 16.3. The van der Waals surface area contributed by atoms with Crippen molar-refractivity contribution in [3.63, 3.8) is 0 Å². The van der Waals surface area contributed by atoms with Gasteiger partial charge in [0.25, 0.3) is 5.91 Å². The van der Waals surface area contributed by atoms with E-state index < -0.39 is 11.9 Å². The fourth-order valence-corrected chi connectivity index (χ4v) is 5.48. The van der Waals surface area contributed by atoms with Gasteiger partial charge in [-0.25, -0.2) is 4.79 Å². The molecule has 0 atom stereocenters. The number of hydrogen-bond acceptors (Lipinski definition) is 4. The summed E-state index contributed by atoms with van der Waals surface area (Å²) in [6.07, 6.45) is 0. The van der Waals surface area contributed by atoms with E-state index in [0.717, 1.165) is 7.14 Å². The third-order valence-corrected chi connectivity index (χ3v) is 4.70. The molecule has 0 saturated carbocycles. The van der Waals surface area contributed by atoms with Crippen LogP contribution in [0.1, 0.15) is 17.3 Å². The minimum Gasteiger partial charge on any atom is -0.480 e. The molecule has 1 aromatic carbocycles. The topological polar surface area (TPSA) is 78.6 Å². The maximum absolute atomic E-state index is 11.4. The van der Waals surface area contributed by atoms with Crippen LogP contribution in [0.4, 0.5) is 0 Å². The molecule has 8 heteroatoms. The first kappa shape index (κ1) is 17.2. The first-order chi connectivity index (χ1) is 8.88. The van der Waals surface area contributed by atoms with E-state index in [0.29, 0.717) is 21.5 Å². The third kappa shape index (κ3) is 4.58. The van der Waals surface area contributed by atoms with Gasteiger partial charge in [0.05, 0.1) is 19.3 Å². The highest BCUT2D eigenvalue weighted by Crippen LogP contribution is 2.33. The molecule has 0 spiro atoms. The summed E-state index contributed by atoms with van der Waals surface area (Å²) in [6, 6.07) is 1.78. The van der Waals surface area contributed by atoms with E-state index in [1.807, 2.05) is 45.2 Å². The largest absolute Gasteiger partial charge is 0.480 e. The fraction of sp³-hybridized carbons (Fsp3) is 0.273. The quantitative estimate of drug-likeness (QED) is 0.416. The molecule has 1 amide bonds. The van der Waals surface area contributed by atoms with Crippen molar-refractivity contribution in [2.24, 2.45) is 5.73 Å². The van der Waals surface area contributed by atoms with Gasteiger partial charge in [-0.1, -0.05) is 0 Å². The summed E-state index contributed by atoms with van der Waals surface area (Å²) in [5, 5.41) is 0. The molecular weight excluding hydrogens is 591 g/mol. The highest BCUT2D eigenvalue weighted by molar-refractivity contribution is 14.1. The Bertz CT molecular complexity index is 519. The molecule has 0 aliphatic carbocycles. The van der Waals surface area contributed by atoms with Crippen LogP contribution in [0.3, 0.4) is 0 Å². The van der Waals surface area contributed by atoms with Gasteiger partial charge in [-0.2, -0.15) is 0 Å². The lowest BCUT2D eigenvalue weighted by Gasteiger charge is -2.13. The van der Waals surface area contributed by atoms with Crippen LogP contribution in [0.5, 0.6) is 5.75 Å². The molecule has 0 aliphatic heterocycles. The average Bonchev–Trinajstić information content (AvgIpc) is 2.27. The number of rotatable bonds is 5. The van der Waals surface area contributed by atoms with Crippen molar-refractivity contribution in [3.8, 4) is 5.75 Å². The van der Waals surface area contributed by atoms with E-state index in [1.54, 1.807) is 13.0 Å². The Morgan fingerprint density at radius 2 is 1.89 bits per heavy atom. The van der Waals surface area contributed by atoms with Gasteiger partial charge >= 0.3 is 5.97 Å². The van der Waals surface area contributed by atoms with E-state index in [-0.39, 0.29) is 6.61 Å². The van der Waals surface area contributed by atoms with E-state index >= 15 is 0 Å². The molecule has 0 saturated heterocycles. The normalized spacial score (nSPS) is 10.1. The molecule has 5 nitrogen and oxygen atoms in total. The average molecular weight is 601 g/mol. The molecule has 1 aromatic rings. The number of carbonyl (C=O) groups is 2. The van der Waals surface area contributed by atoms with Crippen LogP contribution in [0.2, 0.25) is 0 Å². The molecule has 0 unspecified atom stereocenters. The van der Waals surface area contributed by atoms with Crippen LogP contribution >= 0.6 is 67.8 Å². The number of benzene rings is 1. The van der Waals surface area contributed by atoms with Crippen LogP contribution in [-0.2, 0) is 9.53 Å². The molecule has 0 fully saturated rings. The van der Waals surface area contributed by atoms with Gasteiger partial charge in [-0.15, -0.1) is 0 Å². The van der Waals surface area contributed by atoms with Crippen molar-refractivity contribution < 1.29 is 19.1 Å². The minimum atomic E-state index is -0.522. The summed E-state index contributed by atoms with van der Waals surface area (Å²) in [7, 11) is 0. The Morgan fingerprint density at radius 1 is 1.26 bits per heavy atom.